The first-order chi connectivity index (χ1) is 12.1. The van der Waals surface area contributed by atoms with E-state index in [2.05, 4.69) is 23.2 Å². The zero-order chi connectivity index (χ0) is 18.0. The van der Waals surface area contributed by atoms with Gasteiger partial charge in [0.2, 0.25) is 0 Å². The zero-order valence-electron chi connectivity index (χ0n) is 14.8. The van der Waals surface area contributed by atoms with Crippen molar-refractivity contribution < 1.29 is 9.47 Å². The summed E-state index contributed by atoms with van der Waals surface area (Å²) in [6.07, 6.45) is 0.957. The third kappa shape index (κ3) is 3.27. The van der Waals surface area contributed by atoms with Crippen LogP contribution in [0.25, 0.3) is 0 Å². The van der Waals surface area contributed by atoms with Crippen molar-refractivity contribution in [3.8, 4) is 11.5 Å². The standard InChI is InChI=1S/C20H21ClN2O2/c1-5-15-12(2)22-23-20(17-11-14(21)7-8-16(15)17)13-6-9-18(24-3)19(10-13)25-4/h6-11,15H,5H2,1-4H3. The molecule has 0 bridgehead atoms. The lowest BCUT2D eigenvalue weighted by atomic mass is 9.86. The highest BCUT2D eigenvalue weighted by atomic mass is 35.5. The molecular formula is C20H21ClN2O2. The van der Waals surface area contributed by atoms with Crippen LogP contribution >= 0.6 is 11.6 Å². The molecule has 0 N–H and O–H groups in total. The molecule has 2 aromatic carbocycles. The number of hydrogen-bond donors (Lipinski definition) is 0. The Morgan fingerprint density at radius 2 is 1.76 bits per heavy atom. The molecule has 0 saturated heterocycles. The Labute approximate surface area is 153 Å². The second kappa shape index (κ2) is 7.28. The molecule has 25 heavy (non-hydrogen) atoms. The number of benzene rings is 2. The topological polar surface area (TPSA) is 43.2 Å². The van der Waals surface area contributed by atoms with Crippen molar-refractivity contribution in [3.63, 3.8) is 0 Å². The second-order valence-electron chi connectivity index (χ2n) is 5.95. The number of fused-ring (bicyclic) bond motifs is 1. The summed E-state index contributed by atoms with van der Waals surface area (Å²) in [5.41, 5.74) is 4.90. The van der Waals surface area contributed by atoms with Crippen LogP contribution in [0.5, 0.6) is 11.5 Å². The van der Waals surface area contributed by atoms with Gasteiger partial charge in [-0.1, -0.05) is 24.6 Å². The van der Waals surface area contributed by atoms with Gasteiger partial charge in [0.25, 0.3) is 0 Å². The summed E-state index contributed by atoms with van der Waals surface area (Å²) in [5.74, 6) is 1.56. The molecular weight excluding hydrogens is 336 g/mol. The highest BCUT2D eigenvalue weighted by Crippen LogP contribution is 2.34. The lowest BCUT2D eigenvalue weighted by Crippen LogP contribution is -2.12. The number of methoxy groups -OCH3 is 2. The number of rotatable bonds is 4. The first-order valence-electron chi connectivity index (χ1n) is 8.23. The predicted molar refractivity (Wildman–Crippen MR) is 103 cm³/mol. The SMILES string of the molecule is CCC1C(C)=NN=C(c2ccc(OC)c(OC)c2)c2cc(Cl)ccc21. The molecule has 5 heteroatoms. The summed E-state index contributed by atoms with van der Waals surface area (Å²) in [5, 5.41) is 9.68. The Kier molecular flexibility index (Phi) is 5.09. The summed E-state index contributed by atoms with van der Waals surface area (Å²) >= 11 is 6.28. The molecule has 2 aromatic rings. The predicted octanol–water partition coefficient (Wildman–Crippen LogP) is 5.08. The highest BCUT2D eigenvalue weighted by Gasteiger charge is 2.24. The van der Waals surface area contributed by atoms with Gasteiger partial charge in [-0.3, -0.25) is 0 Å². The molecule has 0 fully saturated rings. The van der Waals surface area contributed by atoms with E-state index in [1.54, 1.807) is 14.2 Å². The maximum absolute atomic E-state index is 6.28. The Morgan fingerprint density at radius 3 is 2.44 bits per heavy atom. The van der Waals surface area contributed by atoms with Crippen LogP contribution in [0.4, 0.5) is 0 Å². The lowest BCUT2D eigenvalue weighted by molar-refractivity contribution is 0.355. The van der Waals surface area contributed by atoms with Crippen LogP contribution < -0.4 is 9.47 Å². The molecule has 0 aliphatic carbocycles. The third-order valence-electron chi connectivity index (χ3n) is 4.52. The molecule has 1 heterocycles. The van der Waals surface area contributed by atoms with Gasteiger partial charge in [-0.25, -0.2) is 0 Å². The lowest BCUT2D eigenvalue weighted by Gasteiger charge is -2.17. The van der Waals surface area contributed by atoms with Gasteiger partial charge in [0.15, 0.2) is 11.5 Å². The van der Waals surface area contributed by atoms with Crippen molar-refractivity contribution in [1.82, 2.24) is 0 Å². The number of nitrogens with zero attached hydrogens (tertiary/aromatic N) is 2. The number of halogens is 1. The molecule has 1 atom stereocenters. The van der Waals surface area contributed by atoms with Gasteiger partial charge in [0, 0.05) is 27.8 Å². The fourth-order valence-electron chi connectivity index (χ4n) is 3.23. The van der Waals surface area contributed by atoms with Gasteiger partial charge in [0.05, 0.1) is 14.2 Å². The average molecular weight is 357 g/mol. The molecule has 130 valence electrons. The van der Waals surface area contributed by atoms with Crippen LogP contribution in [-0.2, 0) is 0 Å². The Balaban J connectivity index is 2.21. The minimum Gasteiger partial charge on any atom is -0.493 e. The Morgan fingerprint density at radius 1 is 1.00 bits per heavy atom. The first-order valence-corrected chi connectivity index (χ1v) is 8.61. The molecule has 1 unspecified atom stereocenters. The van der Waals surface area contributed by atoms with E-state index in [4.69, 9.17) is 21.1 Å². The summed E-state index contributed by atoms with van der Waals surface area (Å²) in [6.45, 7) is 4.18. The van der Waals surface area contributed by atoms with Crippen LogP contribution in [-0.4, -0.2) is 25.6 Å². The maximum Gasteiger partial charge on any atom is 0.161 e. The van der Waals surface area contributed by atoms with Gasteiger partial charge in [-0.05, 0) is 49.2 Å². The van der Waals surface area contributed by atoms with E-state index in [0.717, 1.165) is 29.0 Å². The molecule has 3 rings (SSSR count). The molecule has 1 aliphatic heterocycles. The van der Waals surface area contributed by atoms with Crippen molar-refractivity contribution >= 4 is 23.0 Å². The van der Waals surface area contributed by atoms with Gasteiger partial charge >= 0.3 is 0 Å². The quantitative estimate of drug-likeness (QED) is 0.766. The van der Waals surface area contributed by atoms with E-state index in [1.807, 2.05) is 37.3 Å². The molecule has 4 nitrogen and oxygen atoms in total. The van der Waals surface area contributed by atoms with E-state index in [1.165, 1.54) is 5.56 Å². The van der Waals surface area contributed by atoms with Crippen LogP contribution in [0.3, 0.4) is 0 Å². The molecule has 0 amide bonds. The Bertz CT molecular complexity index is 859. The van der Waals surface area contributed by atoms with E-state index in [0.29, 0.717) is 16.5 Å². The van der Waals surface area contributed by atoms with Crippen LogP contribution in [0.1, 0.15) is 42.9 Å². The van der Waals surface area contributed by atoms with Gasteiger partial charge < -0.3 is 9.47 Å². The van der Waals surface area contributed by atoms with E-state index >= 15 is 0 Å². The van der Waals surface area contributed by atoms with Crippen molar-refractivity contribution in [2.75, 3.05) is 14.2 Å². The van der Waals surface area contributed by atoms with E-state index < -0.39 is 0 Å². The zero-order valence-corrected chi connectivity index (χ0v) is 15.6. The van der Waals surface area contributed by atoms with Crippen molar-refractivity contribution in [2.45, 2.75) is 26.2 Å². The van der Waals surface area contributed by atoms with Crippen molar-refractivity contribution in [2.24, 2.45) is 10.2 Å². The van der Waals surface area contributed by atoms with Crippen molar-refractivity contribution in [3.05, 3.63) is 58.1 Å². The third-order valence-corrected chi connectivity index (χ3v) is 4.76. The fourth-order valence-corrected chi connectivity index (χ4v) is 3.40. The smallest absolute Gasteiger partial charge is 0.161 e. The summed E-state index contributed by atoms with van der Waals surface area (Å²) in [7, 11) is 3.24. The van der Waals surface area contributed by atoms with Gasteiger partial charge in [-0.15, -0.1) is 5.10 Å². The van der Waals surface area contributed by atoms with Gasteiger partial charge in [-0.2, -0.15) is 5.10 Å². The molecule has 0 radical (unpaired) electrons. The minimum atomic E-state index is 0.230. The van der Waals surface area contributed by atoms with E-state index in [-0.39, 0.29) is 5.92 Å². The molecule has 0 spiro atoms. The monoisotopic (exact) mass is 356 g/mol. The highest BCUT2D eigenvalue weighted by molar-refractivity contribution is 6.31. The minimum absolute atomic E-state index is 0.230. The normalized spacial score (nSPS) is 16.4. The van der Waals surface area contributed by atoms with Crippen LogP contribution in [0.15, 0.2) is 46.6 Å². The van der Waals surface area contributed by atoms with Gasteiger partial charge in [0.1, 0.15) is 5.71 Å². The van der Waals surface area contributed by atoms with Crippen LogP contribution in [0.2, 0.25) is 5.02 Å². The maximum atomic E-state index is 6.28. The molecule has 1 aliphatic rings. The van der Waals surface area contributed by atoms with Crippen LogP contribution in [0, 0.1) is 0 Å². The number of hydrogen-bond acceptors (Lipinski definition) is 4. The number of ether oxygens (including phenoxy) is 2. The average Bonchev–Trinajstić information content (AvgIpc) is 2.76. The van der Waals surface area contributed by atoms with E-state index in [9.17, 15) is 0 Å². The first kappa shape index (κ1) is 17.5. The summed E-state index contributed by atoms with van der Waals surface area (Å²) < 4.78 is 10.8. The summed E-state index contributed by atoms with van der Waals surface area (Å²) in [6, 6.07) is 11.7. The Hall–Kier alpha value is -2.33. The second-order valence-corrected chi connectivity index (χ2v) is 6.39. The van der Waals surface area contributed by atoms with Crippen molar-refractivity contribution in [1.29, 1.82) is 0 Å². The summed E-state index contributed by atoms with van der Waals surface area (Å²) in [4.78, 5) is 0. The molecule has 0 saturated carbocycles. The molecule has 0 aromatic heterocycles. The fraction of sp³-hybridized carbons (Fsp3) is 0.300. The largest absolute Gasteiger partial charge is 0.493 e.